The van der Waals surface area contributed by atoms with Crippen LogP contribution in [0.15, 0.2) is 18.6 Å². The average Bonchev–Trinajstić information content (AvgIpc) is 2.95. The van der Waals surface area contributed by atoms with Gasteiger partial charge in [0, 0.05) is 25.0 Å². The molecule has 2 aromatic rings. The lowest BCUT2D eigenvalue weighted by Gasteiger charge is -2.00. The fourth-order valence-corrected chi connectivity index (χ4v) is 1.71. The normalized spacial score (nSPS) is 10.4. The Balaban J connectivity index is 2.27. The van der Waals surface area contributed by atoms with Gasteiger partial charge in [-0.2, -0.15) is 10.2 Å². The van der Waals surface area contributed by atoms with Crippen molar-refractivity contribution >= 4 is 12.3 Å². The van der Waals surface area contributed by atoms with E-state index in [-0.39, 0.29) is 12.5 Å². The van der Waals surface area contributed by atoms with E-state index in [0.29, 0.717) is 24.2 Å². The molecular formula is C12H14N4O3. The minimum Gasteiger partial charge on any atom is -0.465 e. The molecule has 0 radical (unpaired) electrons. The quantitative estimate of drug-likeness (QED) is 0.584. The molecule has 0 aromatic carbocycles. The third-order valence-corrected chi connectivity index (χ3v) is 2.49. The number of ether oxygens (including phenoxy) is 1. The molecule has 0 spiro atoms. The summed E-state index contributed by atoms with van der Waals surface area (Å²) in [5.74, 6) is -0.389. The van der Waals surface area contributed by atoms with Gasteiger partial charge in [0.25, 0.3) is 0 Å². The molecular weight excluding hydrogens is 248 g/mol. The Kier molecular flexibility index (Phi) is 3.74. The predicted octanol–water partition coefficient (Wildman–Crippen LogP) is 0.659. The maximum absolute atomic E-state index is 11.4. The van der Waals surface area contributed by atoms with Crippen LogP contribution in [0.2, 0.25) is 0 Å². The molecule has 100 valence electrons. The first kappa shape index (κ1) is 13.0. The maximum Gasteiger partial charge on any atom is 0.327 e. The maximum atomic E-state index is 11.4. The fourth-order valence-electron chi connectivity index (χ4n) is 1.71. The molecule has 0 aliphatic heterocycles. The van der Waals surface area contributed by atoms with Crippen LogP contribution in [0.5, 0.6) is 0 Å². The second-order valence-electron chi connectivity index (χ2n) is 3.96. The zero-order chi connectivity index (χ0) is 13.8. The van der Waals surface area contributed by atoms with E-state index in [4.69, 9.17) is 4.74 Å². The number of hydrogen-bond acceptors (Lipinski definition) is 5. The minimum absolute atomic E-state index is 0.0189. The summed E-state index contributed by atoms with van der Waals surface area (Å²) in [4.78, 5) is 22.4. The third kappa shape index (κ3) is 2.87. The van der Waals surface area contributed by atoms with Gasteiger partial charge >= 0.3 is 5.97 Å². The lowest BCUT2D eigenvalue weighted by atomic mass is 10.2. The van der Waals surface area contributed by atoms with Gasteiger partial charge in [0.2, 0.25) is 0 Å². The molecule has 2 heterocycles. The Morgan fingerprint density at radius 2 is 2.26 bits per heavy atom. The molecule has 0 fully saturated rings. The SMILES string of the molecule is CCOC(=O)Cn1cc(C=O)c(-c2cnn(C)c2)n1. The van der Waals surface area contributed by atoms with Crippen molar-refractivity contribution in [3.8, 4) is 11.3 Å². The molecule has 7 heteroatoms. The summed E-state index contributed by atoms with van der Waals surface area (Å²) in [6, 6.07) is 0. The molecule has 2 aromatic heterocycles. The molecule has 0 bridgehead atoms. The van der Waals surface area contributed by atoms with Crippen LogP contribution in [-0.4, -0.2) is 38.4 Å². The Bertz CT molecular complexity index is 600. The first-order chi connectivity index (χ1) is 9.13. The van der Waals surface area contributed by atoms with Gasteiger partial charge in [-0.15, -0.1) is 0 Å². The van der Waals surface area contributed by atoms with Gasteiger partial charge in [0.15, 0.2) is 6.29 Å². The summed E-state index contributed by atoms with van der Waals surface area (Å²) in [6.45, 7) is 2.03. The number of rotatable bonds is 5. The predicted molar refractivity (Wildman–Crippen MR) is 66.4 cm³/mol. The van der Waals surface area contributed by atoms with Crippen LogP contribution in [0.4, 0.5) is 0 Å². The zero-order valence-corrected chi connectivity index (χ0v) is 10.7. The summed E-state index contributed by atoms with van der Waals surface area (Å²) < 4.78 is 7.85. The minimum atomic E-state index is -0.389. The number of aromatic nitrogens is 4. The van der Waals surface area contributed by atoms with Crippen LogP contribution in [0.25, 0.3) is 11.3 Å². The number of aryl methyl sites for hydroxylation is 1. The van der Waals surface area contributed by atoms with Crippen molar-refractivity contribution in [3.05, 3.63) is 24.2 Å². The lowest BCUT2D eigenvalue weighted by molar-refractivity contribution is -0.144. The number of nitrogens with zero attached hydrogens (tertiary/aromatic N) is 4. The Morgan fingerprint density at radius 1 is 1.47 bits per heavy atom. The molecule has 0 saturated carbocycles. The van der Waals surface area contributed by atoms with Crippen molar-refractivity contribution in [1.82, 2.24) is 19.6 Å². The van der Waals surface area contributed by atoms with Gasteiger partial charge in [-0.1, -0.05) is 0 Å². The van der Waals surface area contributed by atoms with Gasteiger partial charge < -0.3 is 4.74 Å². The Labute approximate surface area is 109 Å². The van der Waals surface area contributed by atoms with Crippen LogP contribution in [-0.2, 0) is 23.1 Å². The van der Waals surface area contributed by atoms with E-state index in [1.54, 1.807) is 31.0 Å². The Hall–Kier alpha value is -2.44. The topological polar surface area (TPSA) is 79.0 Å². The van der Waals surface area contributed by atoms with Gasteiger partial charge in [-0.3, -0.25) is 19.0 Å². The number of carbonyl (C=O) groups is 2. The molecule has 0 aliphatic rings. The van der Waals surface area contributed by atoms with Crippen molar-refractivity contribution in [2.45, 2.75) is 13.5 Å². The molecule has 2 rings (SSSR count). The lowest BCUT2D eigenvalue weighted by Crippen LogP contribution is -2.13. The van der Waals surface area contributed by atoms with Crippen LogP contribution in [0, 0.1) is 0 Å². The molecule has 0 saturated heterocycles. The zero-order valence-electron chi connectivity index (χ0n) is 10.7. The number of carbonyl (C=O) groups excluding carboxylic acids is 2. The van der Waals surface area contributed by atoms with E-state index < -0.39 is 0 Å². The standard InChI is InChI=1S/C12H14N4O3/c1-3-19-11(18)7-16-6-10(8-17)12(14-16)9-4-13-15(2)5-9/h4-6,8H,3,7H2,1-2H3. The first-order valence-electron chi connectivity index (χ1n) is 5.81. The molecule has 0 unspecified atom stereocenters. The molecule has 0 amide bonds. The van der Waals surface area contributed by atoms with Crippen molar-refractivity contribution in [3.63, 3.8) is 0 Å². The molecule has 0 atom stereocenters. The van der Waals surface area contributed by atoms with Crippen LogP contribution in [0.1, 0.15) is 17.3 Å². The van der Waals surface area contributed by atoms with E-state index in [1.807, 2.05) is 0 Å². The van der Waals surface area contributed by atoms with E-state index in [0.717, 1.165) is 5.56 Å². The average molecular weight is 262 g/mol. The van der Waals surface area contributed by atoms with Gasteiger partial charge in [0.05, 0.1) is 18.4 Å². The smallest absolute Gasteiger partial charge is 0.327 e. The summed E-state index contributed by atoms with van der Waals surface area (Å²) in [6.07, 6.45) is 5.59. The van der Waals surface area contributed by atoms with Crippen molar-refractivity contribution in [2.24, 2.45) is 7.05 Å². The summed E-state index contributed by atoms with van der Waals surface area (Å²) in [5, 5.41) is 8.25. The molecule has 0 aliphatic carbocycles. The highest BCUT2D eigenvalue weighted by Gasteiger charge is 2.14. The molecule has 7 nitrogen and oxygen atoms in total. The largest absolute Gasteiger partial charge is 0.465 e. The highest BCUT2D eigenvalue weighted by Crippen LogP contribution is 2.19. The van der Waals surface area contributed by atoms with Crippen molar-refractivity contribution in [2.75, 3.05) is 6.61 Å². The summed E-state index contributed by atoms with van der Waals surface area (Å²) in [5.41, 5.74) is 1.65. The van der Waals surface area contributed by atoms with Crippen molar-refractivity contribution in [1.29, 1.82) is 0 Å². The van der Waals surface area contributed by atoms with Crippen LogP contribution < -0.4 is 0 Å². The summed E-state index contributed by atoms with van der Waals surface area (Å²) >= 11 is 0. The van der Waals surface area contributed by atoms with Crippen LogP contribution >= 0.6 is 0 Å². The number of aldehydes is 1. The first-order valence-corrected chi connectivity index (χ1v) is 5.81. The highest BCUT2D eigenvalue weighted by molar-refractivity contribution is 5.85. The van der Waals surface area contributed by atoms with Crippen molar-refractivity contribution < 1.29 is 14.3 Å². The second kappa shape index (κ2) is 5.47. The van der Waals surface area contributed by atoms with E-state index in [2.05, 4.69) is 10.2 Å². The molecule has 0 N–H and O–H groups in total. The summed E-state index contributed by atoms with van der Waals surface area (Å²) in [7, 11) is 1.78. The van der Waals surface area contributed by atoms with E-state index in [1.165, 1.54) is 10.9 Å². The van der Waals surface area contributed by atoms with E-state index in [9.17, 15) is 9.59 Å². The van der Waals surface area contributed by atoms with E-state index >= 15 is 0 Å². The number of esters is 1. The van der Waals surface area contributed by atoms with Gasteiger partial charge in [-0.25, -0.2) is 0 Å². The highest BCUT2D eigenvalue weighted by atomic mass is 16.5. The van der Waals surface area contributed by atoms with Gasteiger partial charge in [-0.05, 0) is 6.92 Å². The Morgan fingerprint density at radius 3 is 2.84 bits per heavy atom. The monoisotopic (exact) mass is 262 g/mol. The second-order valence-corrected chi connectivity index (χ2v) is 3.96. The fraction of sp³-hybridized carbons (Fsp3) is 0.333. The third-order valence-electron chi connectivity index (χ3n) is 2.49. The number of hydrogen-bond donors (Lipinski definition) is 0. The van der Waals surface area contributed by atoms with Crippen LogP contribution in [0.3, 0.4) is 0 Å². The molecule has 19 heavy (non-hydrogen) atoms. The van der Waals surface area contributed by atoms with Gasteiger partial charge in [0.1, 0.15) is 12.2 Å².